The van der Waals surface area contributed by atoms with Crippen LogP contribution in [0, 0.1) is 6.20 Å². The van der Waals surface area contributed by atoms with Crippen LogP contribution in [-0.4, -0.2) is 27.9 Å². The van der Waals surface area contributed by atoms with Crippen molar-refractivity contribution in [2.45, 2.75) is 6.18 Å². The maximum absolute atomic E-state index is 12.7. The average molecular weight is 548 g/mol. The largest absolute Gasteiger partial charge is 0.417 e. The van der Waals surface area contributed by atoms with Crippen LogP contribution in [0.2, 0.25) is 0 Å². The Labute approximate surface area is 117 Å². The summed E-state index contributed by atoms with van der Waals surface area (Å²) in [4.78, 5) is 22.8. The van der Waals surface area contributed by atoms with Crippen LogP contribution in [-0.2, 0) is 6.18 Å². The van der Waals surface area contributed by atoms with E-state index in [1.54, 1.807) is 0 Å². The van der Waals surface area contributed by atoms with Gasteiger partial charge >= 0.3 is 6.18 Å². The second-order valence-electron chi connectivity index (χ2n) is 3.84. The van der Waals surface area contributed by atoms with Crippen molar-refractivity contribution >= 4 is 17.4 Å². The monoisotopic (exact) mass is 548 g/mol. The van der Waals surface area contributed by atoms with Gasteiger partial charge in [-0.25, -0.2) is 4.98 Å². The summed E-state index contributed by atoms with van der Waals surface area (Å²) in [6.45, 7) is 0. The number of alkyl halides is 3. The van der Waals surface area contributed by atoms with Gasteiger partial charge in [0.05, 0.1) is 11.3 Å². The van der Waals surface area contributed by atoms with Crippen molar-refractivity contribution in [1.82, 2.24) is 15.0 Å². The van der Waals surface area contributed by atoms with E-state index in [9.17, 15) is 18.0 Å². The molecular formula is C12H9EsF3N5O-. The molecule has 2 rings (SSSR count). The Kier molecular flexibility index (Phi) is 4.58. The van der Waals surface area contributed by atoms with Crippen molar-refractivity contribution in [3.8, 4) is 0 Å². The molecular weight excluding hydrogens is 539 g/mol. The maximum Gasteiger partial charge on any atom is 0.417 e. The number of rotatable bonds is 3. The van der Waals surface area contributed by atoms with E-state index in [4.69, 9.17) is 0 Å². The number of amides is 1. The molecule has 2 heterocycles. The zero-order valence-electron chi connectivity index (χ0n) is 11.0. The van der Waals surface area contributed by atoms with E-state index in [-0.39, 0.29) is 17.2 Å². The molecule has 0 fully saturated rings. The SMILES string of the molecule is CNc1ncc(C(F)(F)F)cc1NC(=O)c1[c-]nccn1.[Es]. The summed E-state index contributed by atoms with van der Waals surface area (Å²) in [5.41, 5.74) is -1.23. The number of pyridine rings is 1. The van der Waals surface area contributed by atoms with Crippen LogP contribution in [0.4, 0.5) is 24.7 Å². The molecule has 0 bridgehead atoms. The Bertz CT molecular complexity index is 651. The Morgan fingerprint density at radius 3 is 2.55 bits per heavy atom. The van der Waals surface area contributed by atoms with Gasteiger partial charge in [-0.15, -0.1) is 0 Å². The summed E-state index contributed by atoms with van der Waals surface area (Å²) in [5.74, 6) is -0.638. The van der Waals surface area contributed by atoms with E-state index in [0.717, 1.165) is 6.07 Å². The number of hydrogen-bond acceptors (Lipinski definition) is 5. The van der Waals surface area contributed by atoms with Crippen LogP contribution in [0.25, 0.3) is 0 Å². The number of halogens is 3. The first-order valence-electron chi connectivity index (χ1n) is 5.67. The normalized spacial score (nSPS) is 10.5. The molecule has 0 saturated heterocycles. The minimum atomic E-state index is -4.56. The van der Waals surface area contributed by atoms with E-state index in [1.165, 1.54) is 19.4 Å². The molecule has 2 N–H and O–H groups in total. The molecule has 0 unspecified atom stereocenters. The topological polar surface area (TPSA) is 79.8 Å². The summed E-state index contributed by atoms with van der Waals surface area (Å²) in [6.07, 6.45) is 1.05. The summed E-state index contributed by atoms with van der Waals surface area (Å²) in [6, 6.07) is 0.785. The van der Waals surface area contributed by atoms with Gasteiger partial charge in [-0.2, -0.15) is 13.2 Å². The van der Waals surface area contributed by atoms with Crippen LogP contribution in [0.5, 0.6) is 0 Å². The molecule has 121 valence electrons. The molecule has 0 saturated carbocycles. The van der Waals surface area contributed by atoms with Crippen molar-refractivity contribution in [1.29, 1.82) is 0 Å². The molecule has 0 spiro atoms. The molecule has 0 aromatic carbocycles. The van der Waals surface area contributed by atoms with Gasteiger partial charge in [0.1, 0.15) is 5.82 Å². The second kappa shape index (κ2) is 6.16. The molecule has 0 aliphatic rings. The predicted molar refractivity (Wildman–Crippen MR) is 67.6 cm³/mol. The number of carbonyl (C=O) groups is 1. The van der Waals surface area contributed by atoms with Crippen LogP contribution >= 0.6 is 0 Å². The predicted octanol–water partition coefficient (Wildman–Crippen LogP) is 1.98. The van der Waals surface area contributed by atoms with Gasteiger partial charge in [0.25, 0.3) is 0 Å². The van der Waals surface area contributed by atoms with Gasteiger partial charge in [0, 0.05) is 18.9 Å². The number of carbonyl (C=O) groups excluding carboxylic acids is 1. The summed E-state index contributed by atoms with van der Waals surface area (Å²) in [5, 5.41) is 4.88. The fourth-order valence-corrected chi connectivity index (χ4v) is 1.47. The van der Waals surface area contributed by atoms with Crippen LogP contribution in [0.15, 0.2) is 24.7 Å². The number of aromatic nitrogens is 3. The van der Waals surface area contributed by atoms with Crippen molar-refractivity contribution in [2.24, 2.45) is 0 Å². The zero-order chi connectivity index (χ0) is 15.5. The first-order chi connectivity index (χ1) is 9.91. The van der Waals surface area contributed by atoms with E-state index in [2.05, 4.69) is 31.8 Å². The number of nitrogens with one attached hydrogen (secondary N) is 2. The molecule has 2 aromatic heterocycles. The van der Waals surface area contributed by atoms with Crippen LogP contribution < -0.4 is 10.6 Å². The van der Waals surface area contributed by atoms with Gasteiger partial charge in [-0.3, -0.25) is 4.98 Å². The van der Waals surface area contributed by atoms with Gasteiger partial charge in [-0.05, 0) is 18.5 Å². The van der Waals surface area contributed by atoms with Gasteiger partial charge in [0.2, 0.25) is 0 Å². The van der Waals surface area contributed by atoms with Crippen molar-refractivity contribution in [2.75, 3.05) is 17.7 Å². The first-order valence-corrected chi connectivity index (χ1v) is 5.67. The molecule has 22 heavy (non-hydrogen) atoms. The number of hydrogen-bond donors (Lipinski definition) is 2. The van der Waals surface area contributed by atoms with E-state index >= 15 is 0 Å². The summed E-state index contributed by atoms with van der Waals surface area (Å²) < 4.78 is 38.0. The van der Waals surface area contributed by atoms with E-state index < -0.39 is 17.6 Å². The zero-order valence-corrected chi connectivity index (χ0v) is 13.5. The Morgan fingerprint density at radius 1 is 1.27 bits per heavy atom. The van der Waals surface area contributed by atoms with Crippen molar-refractivity contribution in [3.63, 3.8) is 0 Å². The quantitative estimate of drug-likeness (QED) is 0.575. The van der Waals surface area contributed by atoms with Gasteiger partial charge in [-0.1, -0.05) is 6.20 Å². The minimum absolute atomic E-state index is 0. The van der Waals surface area contributed by atoms with E-state index in [0.29, 0.717) is 6.20 Å². The molecule has 0 aliphatic heterocycles. The summed E-state index contributed by atoms with van der Waals surface area (Å²) >= 11 is 0. The first kappa shape index (κ1) is 16.3. The summed E-state index contributed by atoms with van der Waals surface area (Å²) in [7, 11) is 1.47. The molecule has 10 heteroatoms. The molecule has 2 aromatic rings. The van der Waals surface area contributed by atoms with Crippen molar-refractivity contribution in [3.05, 3.63) is 42.1 Å². The Balaban J connectivity index is 0.00000242. The molecule has 6 nitrogen and oxygen atoms in total. The van der Waals surface area contributed by atoms with Gasteiger partial charge in [0.15, 0.2) is 5.91 Å². The standard InChI is InChI=1S/C12H9F3N5O.Es/c1-16-10-8(4-7(5-19-10)12(13,14)15)20-11(21)9-6-17-2-3-18-9;/h2-5H,1H3,(H,16,19)(H,20,21);/q-1;. The molecule has 0 atom stereocenters. The number of nitrogens with zero attached hydrogens (tertiary/aromatic N) is 3. The Hall–Kier alpha value is -3.71. The van der Waals surface area contributed by atoms with Gasteiger partial charge < -0.3 is 20.4 Å². The van der Waals surface area contributed by atoms with Crippen LogP contribution in [0.1, 0.15) is 16.1 Å². The Morgan fingerprint density at radius 2 is 2.00 bits per heavy atom. The third-order valence-electron chi connectivity index (χ3n) is 2.43. The fourth-order valence-electron chi connectivity index (χ4n) is 1.47. The molecule has 0 aliphatic carbocycles. The number of anilines is 2. The minimum Gasteiger partial charge on any atom is -0.389 e. The molecule has 1 amide bonds. The maximum atomic E-state index is 12.7. The van der Waals surface area contributed by atoms with Crippen molar-refractivity contribution < 1.29 is 18.0 Å². The fraction of sp³-hybridized carbons (Fsp3) is 0.167. The van der Waals surface area contributed by atoms with Crippen LogP contribution in [0.3, 0.4) is 0 Å². The van der Waals surface area contributed by atoms with E-state index in [1.807, 2.05) is 0 Å². The second-order valence-corrected chi connectivity index (χ2v) is 3.84. The average Bonchev–Trinajstić information content (AvgIpc) is 2.47. The third-order valence-corrected chi connectivity index (χ3v) is 2.43. The molecule has 1 radical (unpaired) electrons. The third kappa shape index (κ3) is 3.44. The smallest absolute Gasteiger partial charge is 0.389 e.